The third-order valence-corrected chi connectivity index (χ3v) is 5.60. The van der Waals surface area contributed by atoms with E-state index in [0.717, 1.165) is 30.4 Å². The van der Waals surface area contributed by atoms with Gasteiger partial charge in [-0.3, -0.25) is 4.79 Å². The number of aliphatic hydroxyl groups is 1. The van der Waals surface area contributed by atoms with Gasteiger partial charge in [0.15, 0.2) is 5.78 Å². The molecule has 122 valence electrons. The van der Waals surface area contributed by atoms with Crippen LogP contribution in [0.15, 0.2) is 34.9 Å². The lowest BCUT2D eigenvalue weighted by atomic mass is 10.0. The summed E-state index contributed by atoms with van der Waals surface area (Å²) in [6.07, 6.45) is 11.0. The first-order chi connectivity index (χ1) is 10.4. The Balaban J connectivity index is 2.20. The molecule has 0 spiro atoms. The normalized spacial score (nSPS) is 36.8. The van der Waals surface area contributed by atoms with Crippen molar-refractivity contribution >= 4 is 5.78 Å². The molecule has 2 nitrogen and oxygen atoms in total. The molecule has 0 bridgehead atoms. The number of Topliss-reactive ketones (excluding diaryl/α,β-unsaturated/α-hetero) is 1. The van der Waals surface area contributed by atoms with Gasteiger partial charge in [-0.25, -0.2) is 0 Å². The van der Waals surface area contributed by atoms with Gasteiger partial charge in [0.1, 0.15) is 0 Å². The molecule has 2 heteroatoms. The predicted molar refractivity (Wildman–Crippen MR) is 91.5 cm³/mol. The molecule has 0 radical (unpaired) electrons. The molecule has 1 saturated carbocycles. The minimum Gasteiger partial charge on any atom is -0.392 e. The zero-order valence-corrected chi connectivity index (χ0v) is 14.5. The van der Waals surface area contributed by atoms with Crippen LogP contribution in [-0.4, -0.2) is 17.5 Å². The van der Waals surface area contributed by atoms with Crippen molar-refractivity contribution < 1.29 is 9.90 Å². The van der Waals surface area contributed by atoms with Gasteiger partial charge in [0.25, 0.3) is 0 Å². The Bertz CT molecular complexity index is 520. The van der Waals surface area contributed by atoms with Crippen LogP contribution in [0, 0.1) is 17.3 Å². The number of hydrogen-bond donors (Lipinski definition) is 1. The molecule has 0 amide bonds. The Morgan fingerprint density at radius 1 is 1.23 bits per heavy atom. The van der Waals surface area contributed by atoms with E-state index >= 15 is 0 Å². The molecule has 1 N–H and O–H groups in total. The number of carbonyl (C=O) groups excluding carboxylic acids is 1. The molecule has 2 rings (SSSR count). The van der Waals surface area contributed by atoms with Gasteiger partial charge in [-0.2, -0.15) is 0 Å². The van der Waals surface area contributed by atoms with E-state index in [-0.39, 0.29) is 12.4 Å². The maximum absolute atomic E-state index is 12.3. The molecule has 0 heterocycles. The number of hydrogen-bond acceptors (Lipinski definition) is 2. The molecule has 1 fully saturated rings. The summed E-state index contributed by atoms with van der Waals surface area (Å²) in [5, 5.41) is 9.42. The summed E-state index contributed by atoms with van der Waals surface area (Å²) in [4.78, 5) is 12.3. The molecule has 0 aliphatic heterocycles. The van der Waals surface area contributed by atoms with Crippen molar-refractivity contribution in [1.29, 1.82) is 0 Å². The van der Waals surface area contributed by atoms with Crippen molar-refractivity contribution in [2.75, 3.05) is 6.61 Å². The Morgan fingerprint density at radius 3 is 2.64 bits per heavy atom. The Morgan fingerprint density at radius 2 is 1.95 bits per heavy atom. The van der Waals surface area contributed by atoms with Gasteiger partial charge in [0.05, 0.1) is 6.61 Å². The summed E-state index contributed by atoms with van der Waals surface area (Å²) in [7, 11) is 0. The van der Waals surface area contributed by atoms with Crippen LogP contribution in [0.2, 0.25) is 0 Å². The zero-order chi connectivity index (χ0) is 16.3. The number of ketones is 1. The molecule has 0 unspecified atom stereocenters. The second-order valence-corrected chi connectivity index (χ2v) is 7.58. The van der Waals surface area contributed by atoms with E-state index in [1.54, 1.807) is 0 Å². The molecule has 22 heavy (non-hydrogen) atoms. The second-order valence-electron chi connectivity index (χ2n) is 7.58. The fraction of sp³-hybridized carbons (Fsp3) is 0.650. The largest absolute Gasteiger partial charge is 0.392 e. The lowest BCUT2D eigenvalue weighted by Gasteiger charge is -2.06. The first-order valence-corrected chi connectivity index (χ1v) is 8.52. The van der Waals surface area contributed by atoms with Crippen LogP contribution < -0.4 is 0 Å². The first kappa shape index (κ1) is 17.2. The SMILES string of the molecule is C/C1=C\CC/C(CO)=C/CC(=O)/C(C)=C/[C@@H]2[C@H](CC1)C2(C)C. The first-order valence-electron chi connectivity index (χ1n) is 8.52. The topological polar surface area (TPSA) is 37.3 Å². The van der Waals surface area contributed by atoms with Crippen LogP contribution in [-0.2, 0) is 4.79 Å². The van der Waals surface area contributed by atoms with Crippen LogP contribution in [0.1, 0.15) is 59.8 Å². The number of fused-ring (bicyclic) bond motifs is 1. The van der Waals surface area contributed by atoms with Gasteiger partial charge in [-0.05, 0) is 67.9 Å². The van der Waals surface area contributed by atoms with Gasteiger partial charge >= 0.3 is 0 Å². The van der Waals surface area contributed by atoms with Crippen LogP contribution in [0.4, 0.5) is 0 Å². The maximum Gasteiger partial charge on any atom is 0.162 e. The Labute approximate surface area is 135 Å². The summed E-state index contributed by atoms with van der Waals surface area (Å²) >= 11 is 0. The van der Waals surface area contributed by atoms with Crippen LogP contribution in [0.3, 0.4) is 0 Å². The molecule has 2 atom stereocenters. The molecule has 0 saturated heterocycles. The van der Waals surface area contributed by atoms with E-state index in [2.05, 4.69) is 32.9 Å². The molecular weight excluding hydrogens is 272 g/mol. The van der Waals surface area contributed by atoms with E-state index in [4.69, 9.17) is 0 Å². The van der Waals surface area contributed by atoms with Crippen LogP contribution in [0.25, 0.3) is 0 Å². The maximum atomic E-state index is 12.3. The van der Waals surface area contributed by atoms with Gasteiger partial charge in [-0.15, -0.1) is 0 Å². The zero-order valence-electron chi connectivity index (χ0n) is 14.5. The Kier molecular flexibility index (Phi) is 5.44. The third-order valence-electron chi connectivity index (χ3n) is 5.60. The minimum absolute atomic E-state index is 0.0562. The number of rotatable bonds is 1. The van der Waals surface area contributed by atoms with E-state index in [0.29, 0.717) is 23.7 Å². The summed E-state index contributed by atoms with van der Waals surface area (Å²) in [6.45, 7) is 8.84. The van der Waals surface area contributed by atoms with Crippen molar-refractivity contribution in [3.05, 3.63) is 34.9 Å². The standard InChI is InChI=1S/C20H30O2/c1-14-6-5-7-16(13-21)9-11-19(22)15(2)12-18-17(10-8-14)20(18,3)4/h6,9,12,17-18,21H,5,7-8,10-11,13H2,1-4H3/b14-6+,15-12+,16-9-/t17-,18+/m0/s1. The Hall–Kier alpha value is -1.15. The van der Waals surface area contributed by atoms with Gasteiger partial charge < -0.3 is 5.11 Å². The number of carbonyl (C=O) groups is 1. The fourth-order valence-corrected chi connectivity index (χ4v) is 3.66. The average molecular weight is 302 g/mol. The third kappa shape index (κ3) is 3.98. The molecule has 2 aliphatic carbocycles. The number of aliphatic hydroxyl groups excluding tert-OH is 1. The predicted octanol–water partition coefficient (Wildman–Crippen LogP) is 4.60. The van der Waals surface area contributed by atoms with E-state index in [1.165, 1.54) is 12.0 Å². The van der Waals surface area contributed by atoms with Gasteiger partial charge in [0.2, 0.25) is 0 Å². The van der Waals surface area contributed by atoms with Crippen molar-refractivity contribution in [3.8, 4) is 0 Å². The fourth-order valence-electron chi connectivity index (χ4n) is 3.66. The molecule has 0 aromatic carbocycles. The highest BCUT2D eigenvalue weighted by molar-refractivity contribution is 5.95. The average Bonchev–Trinajstić information content (AvgIpc) is 2.99. The molecule has 0 aromatic rings. The minimum atomic E-state index is 0.0562. The van der Waals surface area contributed by atoms with Crippen LogP contribution in [0.5, 0.6) is 0 Å². The van der Waals surface area contributed by atoms with E-state index in [1.807, 2.05) is 13.0 Å². The van der Waals surface area contributed by atoms with E-state index in [9.17, 15) is 9.90 Å². The van der Waals surface area contributed by atoms with Crippen molar-refractivity contribution in [1.82, 2.24) is 0 Å². The summed E-state index contributed by atoms with van der Waals surface area (Å²) < 4.78 is 0. The second kappa shape index (κ2) is 6.95. The monoisotopic (exact) mass is 302 g/mol. The summed E-state index contributed by atoms with van der Waals surface area (Å²) in [6, 6.07) is 0. The van der Waals surface area contributed by atoms with Crippen molar-refractivity contribution in [3.63, 3.8) is 0 Å². The van der Waals surface area contributed by atoms with Gasteiger partial charge in [-0.1, -0.05) is 37.6 Å². The summed E-state index contributed by atoms with van der Waals surface area (Å²) in [5.74, 6) is 1.43. The molecule has 0 aromatic heterocycles. The quantitative estimate of drug-likeness (QED) is 0.719. The van der Waals surface area contributed by atoms with Crippen LogP contribution >= 0.6 is 0 Å². The highest BCUT2D eigenvalue weighted by Gasteiger charge is 2.55. The highest BCUT2D eigenvalue weighted by atomic mass is 16.3. The smallest absolute Gasteiger partial charge is 0.162 e. The van der Waals surface area contributed by atoms with E-state index < -0.39 is 0 Å². The molecule has 2 aliphatic rings. The van der Waals surface area contributed by atoms with Gasteiger partial charge in [0, 0.05) is 6.42 Å². The highest BCUT2D eigenvalue weighted by Crippen LogP contribution is 2.61. The van der Waals surface area contributed by atoms with Crippen molar-refractivity contribution in [2.45, 2.75) is 59.8 Å². The van der Waals surface area contributed by atoms with Crippen molar-refractivity contribution in [2.24, 2.45) is 17.3 Å². The lowest BCUT2D eigenvalue weighted by molar-refractivity contribution is -0.114. The summed E-state index contributed by atoms with van der Waals surface area (Å²) in [5.41, 5.74) is 3.64. The number of allylic oxidation sites excluding steroid dienone is 5. The molecular formula is C20H30O2. The lowest BCUT2D eigenvalue weighted by Crippen LogP contribution is -2.01.